The van der Waals surface area contributed by atoms with Gasteiger partial charge in [-0.3, -0.25) is 4.79 Å². The van der Waals surface area contributed by atoms with Gasteiger partial charge in [-0.25, -0.2) is 0 Å². The van der Waals surface area contributed by atoms with Gasteiger partial charge in [-0.1, -0.05) is 0 Å². The first-order chi connectivity index (χ1) is 8.47. The number of hydrogen-bond donors (Lipinski definition) is 4. The van der Waals surface area contributed by atoms with Crippen molar-refractivity contribution in [2.45, 2.75) is 43.5 Å². The summed E-state index contributed by atoms with van der Waals surface area (Å²) in [6.07, 6.45) is -2.88. The van der Waals surface area contributed by atoms with Crippen molar-refractivity contribution >= 4 is 17.7 Å². The van der Waals surface area contributed by atoms with Crippen LogP contribution in [0.3, 0.4) is 0 Å². The van der Waals surface area contributed by atoms with Gasteiger partial charge in [0.25, 0.3) is 0 Å². The van der Waals surface area contributed by atoms with E-state index in [1.54, 1.807) is 6.92 Å². The van der Waals surface area contributed by atoms with Crippen LogP contribution in [0.5, 0.6) is 0 Å². The summed E-state index contributed by atoms with van der Waals surface area (Å²) in [5, 5.41) is 31.2. The molecular weight excluding hydrogens is 258 g/mol. The van der Waals surface area contributed by atoms with Gasteiger partial charge in [0.05, 0.1) is 30.2 Å². The van der Waals surface area contributed by atoms with Gasteiger partial charge in [0.15, 0.2) is 0 Å². The minimum absolute atomic E-state index is 0.108. The van der Waals surface area contributed by atoms with Gasteiger partial charge in [-0.2, -0.15) is 11.8 Å². The zero-order valence-corrected chi connectivity index (χ0v) is 11.4. The molecule has 7 heteroatoms. The molecule has 0 aromatic heterocycles. The molecule has 5 unspecified atom stereocenters. The first-order valence-electron chi connectivity index (χ1n) is 5.96. The number of nitrogens with one attached hydrogen (secondary N) is 1. The van der Waals surface area contributed by atoms with Gasteiger partial charge in [-0.05, 0) is 6.92 Å². The van der Waals surface area contributed by atoms with Crippen LogP contribution in [-0.4, -0.2) is 69.8 Å². The van der Waals surface area contributed by atoms with E-state index >= 15 is 0 Å². The van der Waals surface area contributed by atoms with Crippen LogP contribution in [0.15, 0.2) is 0 Å². The van der Waals surface area contributed by atoms with E-state index in [-0.39, 0.29) is 12.5 Å². The quantitative estimate of drug-likeness (QED) is 0.468. The van der Waals surface area contributed by atoms with Crippen LogP contribution in [0.1, 0.15) is 13.8 Å². The van der Waals surface area contributed by atoms with Crippen molar-refractivity contribution in [2.24, 2.45) is 0 Å². The topological polar surface area (TPSA) is 99.0 Å². The smallest absolute Gasteiger partial charge is 0.216 e. The highest BCUT2D eigenvalue weighted by Crippen LogP contribution is 2.29. The van der Waals surface area contributed by atoms with Gasteiger partial charge < -0.3 is 25.4 Å². The number of carbonyl (C=O) groups is 1. The summed E-state index contributed by atoms with van der Waals surface area (Å²) in [5.41, 5.74) is 0. The van der Waals surface area contributed by atoms with Crippen molar-refractivity contribution in [3.8, 4) is 0 Å². The molecule has 1 aliphatic rings. The first kappa shape index (κ1) is 15.7. The number of rotatable bonds is 5. The maximum absolute atomic E-state index is 10.7. The molecule has 1 amide bonds. The molecule has 0 bridgehead atoms. The molecular formula is C11H21NO5S. The Bertz CT molecular complexity index is 276. The summed E-state index contributed by atoms with van der Waals surface area (Å²) < 4.78 is 5.44. The van der Waals surface area contributed by atoms with Gasteiger partial charge in [-0.15, -0.1) is 0 Å². The lowest BCUT2D eigenvalue weighted by molar-refractivity contribution is -0.165. The van der Waals surface area contributed by atoms with E-state index in [1.165, 1.54) is 18.7 Å². The highest BCUT2D eigenvalue weighted by Gasteiger charge is 2.42. The Morgan fingerprint density at radius 1 is 1.39 bits per heavy atom. The minimum atomic E-state index is -0.953. The number of amides is 1. The average Bonchev–Trinajstić information content (AvgIpc) is 2.33. The van der Waals surface area contributed by atoms with E-state index in [9.17, 15) is 20.1 Å². The fourth-order valence-corrected chi connectivity index (χ4v) is 3.12. The second-order valence-corrected chi connectivity index (χ2v) is 5.65. The molecule has 1 saturated heterocycles. The Labute approximate surface area is 111 Å². The Balaban J connectivity index is 2.46. The monoisotopic (exact) mass is 279 g/mol. The zero-order valence-electron chi connectivity index (χ0n) is 10.6. The zero-order chi connectivity index (χ0) is 13.7. The molecule has 18 heavy (non-hydrogen) atoms. The lowest BCUT2D eigenvalue weighted by Crippen LogP contribution is -2.56. The molecule has 1 aliphatic heterocycles. The molecule has 0 aromatic carbocycles. The second-order valence-electron chi connectivity index (χ2n) is 4.36. The largest absolute Gasteiger partial charge is 0.394 e. The Morgan fingerprint density at radius 2 is 2.06 bits per heavy atom. The highest BCUT2D eigenvalue weighted by molar-refractivity contribution is 8.00. The summed E-state index contributed by atoms with van der Waals surface area (Å²) in [6, 6.07) is 0. The van der Waals surface area contributed by atoms with Crippen LogP contribution in [0.4, 0.5) is 0 Å². The lowest BCUT2D eigenvalue weighted by atomic mass is 9.98. The van der Waals surface area contributed by atoms with Gasteiger partial charge in [0, 0.05) is 19.2 Å². The summed E-state index contributed by atoms with van der Waals surface area (Å²) in [5.74, 6) is 0.478. The van der Waals surface area contributed by atoms with E-state index in [4.69, 9.17) is 4.74 Å². The van der Waals surface area contributed by atoms with Crippen molar-refractivity contribution in [1.29, 1.82) is 0 Å². The molecule has 0 radical (unpaired) electrons. The van der Waals surface area contributed by atoms with Crippen molar-refractivity contribution in [1.82, 2.24) is 5.32 Å². The number of aliphatic hydroxyl groups is 3. The summed E-state index contributed by atoms with van der Waals surface area (Å²) in [7, 11) is 0. The molecule has 0 aliphatic carbocycles. The predicted octanol–water partition coefficient (Wildman–Crippen LogP) is -1.27. The van der Waals surface area contributed by atoms with Crippen molar-refractivity contribution in [3.63, 3.8) is 0 Å². The molecule has 0 saturated carbocycles. The maximum atomic E-state index is 10.7. The molecule has 4 N–H and O–H groups in total. The van der Waals surface area contributed by atoms with Crippen LogP contribution in [0.25, 0.3) is 0 Å². The summed E-state index contributed by atoms with van der Waals surface area (Å²) in [4.78, 5) is 10.7. The van der Waals surface area contributed by atoms with Crippen LogP contribution in [0.2, 0.25) is 0 Å². The van der Waals surface area contributed by atoms with Crippen LogP contribution < -0.4 is 5.32 Å². The normalized spacial score (nSPS) is 36.4. The Hall–Kier alpha value is -0.340. The molecule has 106 valence electrons. The molecule has 1 fully saturated rings. The van der Waals surface area contributed by atoms with E-state index in [1.807, 2.05) is 0 Å². The molecule has 5 atom stereocenters. The third-order valence-electron chi connectivity index (χ3n) is 2.89. The molecule has 1 heterocycles. The molecule has 0 spiro atoms. The molecule has 1 rings (SSSR count). The Kier molecular flexibility index (Phi) is 6.37. The minimum Gasteiger partial charge on any atom is -0.394 e. The number of carbonyl (C=O) groups excluding carboxylic acids is 1. The molecule has 6 nitrogen and oxygen atoms in total. The number of hydrogen-bond acceptors (Lipinski definition) is 6. The number of ether oxygens (including phenoxy) is 1. The van der Waals surface area contributed by atoms with Gasteiger partial charge in [0.1, 0.15) is 6.10 Å². The summed E-state index contributed by atoms with van der Waals surface area (Å²) in [6.45, 7) is 3.37. The van der Waals surface area contributed by atoms with E-state index < -0.39 is 29.7 Å². The van der Waals surface area contributed by atoms with Crippen molar-refractivity contribution < 1.29 is 24.9 Å². The van der Waals surface area contributed by atoms with Crippen molar-refractivity contribution in [3.05, 3.63) is 0 Å². The van der Waals surface area contributed by atoms with Gasteiger partial charge >= 0.3 is 0 Å². The first-order valence-corrected chi connectivity index (χ1v) is 7.00. The van der Waals surface area contributed by atoms with Crippen LogP contribution in [-0.2, 0) is 9.53 Å². The lowest BCUT2D eigenvalue weighted by Gasteiger charge is -2.41. The highest BCUT2D eigenvalue weighted by atomic mass is 32.2. The number of thioether (sulfide) groups is 1. The third-order valence-corrected chi connectivity index (χ3v) is 4.30. The Morgan fingerprint density at radius 3 is 2.61 bits per heavy atom. The fourth-order valence-electron chi connectivity index (χ4n) is 1.90. The maximum Gasteiger partial charge on any atom is 0.216 e. The third kappa shape index (κ3) is 4.10. The van der Waals surface area contributed by atoms with Crippen molar-refractivity contribution in [2.75, 3.05) is 18.9 Å². The standard InChI is InChI=1S/C11H21NO5S/c1-6-9(15)10(16)11(8(5-13)17-6)18-4-3-12-7(2)14/h6,8-11,13,15-16H,3-5H2,1-2H3,(H,12,14). The number of aliphatic hydroxyl groups excluding tert-OH is 3. The second kappa shape index (κ2) is 7.30. The fraction of sp³-hybridized carbons (Fsp3) is 0.909. The van der Waals surface area contributed by atoms with Crippen LogP contribution in [0, 0.1) is 0 Å². The van der Waals surface area contributed by atoms with E-state index in [2.05, 4.69) is 5.32 Å². The van der Waals surface area contributed by atoms with Crippen LogP contribution >= 0.6 is 11.8 Å². The average molecular weight is 279 g/mol. The predicted molar refractivity (Wildman–Crippen MR) is 68.4 cm³/mol. The van der Waals surface area contributed by atoms with E-state index in [0.29, 0.717) is 12.3 Å². The summed E-state index contributed by atoms with van der Waals surface area (Å²) >= 11 is 1.38. The SMILES string of the molecule is CC(=O)NCCSC1C(CO)OC(C)C(O)C1O. The van der Waals surface area contributed by atoms with E-state index in [0.717, 1.165) is 0 Å². The van der Waals surface area contributed by atoms with Gasteiger partial charge in [0.2, 0.25) is 5.91 Å². The molecule has 0 aromatic rings.